The number of aromatic nitrogens is 2. The van der Waals surface area contributed by atoms with E-state index in [4.69, 9.17) is 48.7 Å². The van der Waals surface area contributed by atoms with Crippen LogP contribution >= 0.6 is 34.8 Å². The molecule has 0 bridgehead atoms. The largest absolute Gasteiger partial charge is 0.454 e. The highest BCUT2D eigenvalue weighted by molar-refractivity contribution is 6.66. The second-order valence-electron chi connectivity index (χ2n) is 3.48. The molecule has 1 aromatic carbocycles. The van der Waals surface area contributed by atoms with E-state index in [0.29, 0.717) is 17.1 Å². The number of nitrogens with zero attached hydrogens (tertiary/aromatic N) is 2. The molecule has 1 aromatic heterocycles. The Morgan fingerprint density at radius 2 is 1.83 bits per heavy atom. The molecule has 2 aromatic rings. The van der Waals surface area contributed by atoms with Crippen molar-refractivity contribution in [2.45, 2.75) is 3.79 Å². The van der Waals surface area contributed by atoms with Gasteiger partial charge >= 0.3 is 0 Å². The fraction of sp³-hybridized carbons (Fsp3) is 0.200. The molecule has 0 fully saturated rings. The van der Waals surface area contributed by atoms with Gasteiger partial charge in [-0.1, -0.05) is 34.8 Å². The van der Waals surface area contributed by atoms with E-state index >= 15 is 0 Å². The van der Waals surface area contributed by atoms with E-state index in [0.717, 1.165) is 0 Å². The van der Waals surface area contributed by atoms with Crippen molar-refractivity contribution in [1.29, 1.82) is 0 Å². The van der Waals surface area contributed by atoms with Crippen molar-refractivity contribution in [3.63, 3.8) is 0 Å². The molecule has 0 spiro atoms. The summed E-state index contributed by atoms with van der Waals surface area (Å²) >= 11 is 16.9. The predicted octanol–water partition coefficient (Wildman–Crippen LogP) is 3.29. The molecule has 3 rings (SSSR count). The lowest BCUT2D eigenvalue weighted by Crippen LogP contribution is -1.99. The number of rotatable bonds is 1. The Morgan fingerprint density at radius 3 is 2.56 bits per heavy atom. The van der Waals surface area contributed by atoms with Crippen LogP contribution in [-0.2, 0) is 3.79 Å². The monoisotopic (exact) mass is 306 g/mol. The van der Waals surface area contributed by atoms with Crippen molar-refractivity contribution in [2.75, 3.05) is 6.79 Å². The molecule has 0 N–H and O–H groups in total. The number of alkyl halides is 3. The first-order chi connectivity index (χ1) is 8.54. The summed E-state index contributed by atoms with van der Waals surface area (Å²) in [4.78, 5) is 0. The predicted molar refractivity (Wildman–Crippen MR) is 65.1 cm³/mol. The van der Waals surface area contributed by atoms with Gasteiger partial charge in [0.2, 0.25) is 12.7 Å². The highest BCUT2D eigenvalue weighted by atomic mass is 35.6. The van der Waals surface area contributed by atoms with Gasteiger partial charge in [0.15, 0.2) is 11.5 Å². The van der Waals surface area contributed by atoms with Gasteiger partial charge in [0.1, 0.15) is 0 Å². The highest BCUT2D eigenvalue weighted by Gasteiger charge is 2.30. The SMILES string of the molecule is ClC(Cl)(Cl)c1nnc(-c2ccc3c(c2)OCO3)o1. The van der Waals surface area contributed by atoms with E-state index in [1.54, 1.807) is 18.2 Å². The van der Waals surface area contributed by atoms with Crippen molar-refractivity contribution in [3.8, 4) is 23.0 Å². The van der Waals surface area contributed by atoms with Crippen LogP contribution in [0.2, 0.25) is 0 Å². The van der Waals surface area contributed by atoms with Crippen molar-refractivity contribution in [2.24, 2.45) is 0 Å². The summed E-state index contributed by atoms with van der Waals surface area (Å²) in [6.45, 7) is 0.196. The minimum absolute atomic E-state index is 0.0832. The number of benzene rings is 1. The van der Waals surface area contributed by atoms with Crippen LogP contribution in [0.5, 0.6) is 11.5 Å². The van der Waals surface area contributed by atoms with Crippen LogP contribution in [0.25, 0.3) is 11.5 Å². The lowest BCUT2D eigenvalue weighted by molar-refractivity contribution is 0.174. The van der Waals surface area contributed by atoms with E-state index in [2.05, 4.69) is 10.2 Å². The molecule has 0 saturated carbocycles. The average molecular weight is 308 g/mol. The van der Waals surface area contributed by atoms with E-state index in [9.17, 15) is 0 Å². The third kappa shape index (κ3) is 2.09. The van der Waals surface area contributed by atoms with Crippen LogP contribution in [0.15, 0.2) is 22.6 Å². The zero-order chi connectivity index (χ0) is 12.8. The minimum Gasteiger partial charge on any atom is -0.454 e. The normalized spacial score (nSPS) is 13.9. The summed E-state index contributed by atoms with van der Waals surface area (Å²) in [5.41, 5.74) is 0.659. The molecule has 94 valence electrons. The Bertz CT molecular complexity index is 594. The van der Waals surface area contributed by atoms with E-state index in [1.165, 1.54) is 0 Å². The van der Waals surface area contributed by atoms with Gasteiger partial charge in [-0.05, 0) is 18.2 Å². The molecule has 0 saturated heterocycles. The first-order valence-corrected chi connectivity index (χ1v) is 5.98. The number of ether oxygens (including phenoxy) is 2. The smallest absolute Gasteiger partial charge is 0.268 e. The van der Waals surface area contributed by atoms with Crippen molar-refractivity contribution in [3.05, 3.63) is 24.1 Å². The zero-order valence-corrected chi connectivity index (χ0v) is 11.0. The quantitative estimate of drug-likeness (QED) is 0.757. The Balaban J connectivity index is 1.98. The topological polar surface area (TPSA) is 57.4 Å². The summed E-state index contributed by atoms with van der Waals surface area (Å²) < 4.78 is 14.0. The molecule has 0 radical (unpaired) electrons. The Morgan fingerprint density at radius 1 is 1.06 bits per heavy atom. The summed E-state index contributed by atoms with van der Waals surface area (Å²) in [7, 11) is 0. The molecular weight excluding hydrogens is 302 g/mol. The molecule has 18 heavy (non-hydrogen) atoms. The van der Waals surface area contributed by atoms with Gasteiger partial charge in [0.25, 0.3) is 9.68 Å². The van der Waals surface area contributed by atoms with Gasteiger partial charge in [-0.2, -0.15) is 0 Å². The highest BCUT2D eigenvalue weighted by Crippen LogP contribution is 2.39. The molecule has 0 amide bonds. The van der Waals surface area contributed by atoms with Gasteiger partial charge in [-0.3, -0.25) is 0 Å². The molecule has 2 heterocycles. The third-order valence-corrected chi connectivity index (χ3v) is 2.77. The number of fused-ring (bicyclic) bond motifs is 1. The molecule has 5 nitrogen and oxygen atoms in total. The molecule has 0 atom stereocenters. The second kappa shape index (κ2) is 4.19. The van der Waals surface area contributed by atoms with Crippen LogP contribution in [0, 0.1) is 0 Å². The summed E-state index contributed by atoms with van der Waals surface area (Å²) in [5.74, 6) is 1.44. The van der Waals surface area contributed by atoms with Crippen LogP contribution < -0.4 is 9.47 Å². The lowest BCUT2D eigenvalue weighted by Gasteiger charge is -2.02. The van der Waals surface area contributed by atoms with E-state index in [1.807, 2.05) is 0 Å². The van der Waals surface area contributed by atoms with Crippen LogP contribution in [-0.4, -0.2) is 17.0 Å². The number of hydrogen-bond acceptors (Lipinski definition) is 5. The molecular formula is C10H5Cl3N2O3. The summed E-state index contributed by atoms with van der Waals surface area (Å²) in [6.07, 6.45) is 0. The van der Waals surface area contributed by atoms with Crippen LogP contribution in [0.1, 0.15) is 5.89 Å². The maximum Gasteiger partial charge on any atom is 0.268 e. The molecule has 1 aliphatic heterocycles. The fourth-order valence-corrected chi connectivity index (χ4v) is 1.71. The molecule has 0 unspecified atom stereocenters. The van der Waals surface area contributed by atoms with Gasteiger partial charge in [-0.25, -0.2) is 0 Å². The Kier molecular flexibility index (Phi) is 2.77. The number of halogens is 3. The van der Waals surface area contributed by atoms with E-state index in [-0.39, 0.29) is 18.6 Å². The van der Waals surface area contributed by atoms with Crippen LogP contribution in [0.4, 0.5) is 0 Å². The fourth-order valence-electron chi connectivity index (χ4n) is 1.48. The Hall–Kier alpha value is -1.17. The summed E-state index contributed by atoms with van der Waals surface area (Å²) in [6, 6.07) is 5.22. The maximum absolute atomic E-state index is 5.64. The molecule has 8 heteroatoms. The lowest BCUT2D eigenvalue weighted by atomic mass is 10.2. The van der Waals surface area contributed by atoms with Gasteiger partial charge < -0.3 is 13.9 Å². The van der Waals surface area contributed by atoms with Crippen molar-refractivity contribution < 1.29 is 13.9 Å². The van der Waals surface area contributed by atoms with Crippen molar-refractivity contribution in [1.82, 2.24) is 10.2 Å². The third-order valence-electron chi connectivity index (χ3n) is 2.29. The molecule has 1 aliphatic rings. The minimum atomic E-state index is -1.73. The zero-order valence-electron chi connectivity index (χ0n) is 8.69. The number of hydrogen-bond donors (Lipinski definition) is 0. The maximum atomic E-state index is 5.64. The van der Waals surface area contributed by atoms with Gasteiger partial charge in [0, 0.05) is 5.56 Å². The van der Waals surface area contributed by atoms with E-state index < -0.39 is 3.79 Å². The van der Waals surface area contributed by atoms with Crippen molar-refractivity contribution >= 4 is 34.8 Å². The average Bonchev–Trinajstić information content (AvgIpc) is 2.96. The van der Waals surface area contributed by atoms with Gasteiger partial charge in [-0.15, -0.1) is 10.2 Å². The molecule has 0 aliphatic carbocycles. The summed E-state index contributed by atoms with van der Waals surface area (Å²) in [5, 5.41) is 7.48. The first kappa shape index (κ1) is 11.9. The first-order valence-electron chi connectivity index (χ1n) is 4.85. The second-order valence-corrected chi connectivity index (χ2v) is 5.76. The standard InChI is InChI=1S/C10H5Cl3N2O3/c11-10(12,13)9-15-14-8(18-9)5-1-2-6-7(3-5)17-4-16-6/h1-3H,4H2. The van der Waals surface area contributed by atoms with Crippen LogP contribution in [0.3, 0.4) is 0 Å². The Labute approximate surface area is 117 Å². The van der Waals surface area contributed by atoms with Gasteiger partial charge in [0.05, 0.1) is 0 Å².